The Morgan fingerprint density at radius 1 is 1.10 bits per heavy atom. The minimum absolute atomic E-state index is 0.320. The van der Waals surface area contributed by atoms with Crippen molar-refractivity contribution in [1.29, 1.82) is 0 Å². The van der Waals surface area contributed by atoms with Gasteiger partial charge in [0.15, 0.2) is 4.77 Å². The normalized spacial score (nSPS) is 15.7. The molecule has 1 aromatic carbocycles. The molecule has 0 N–H and O–H groups in total. The van der Waals surface area contributed by atoms with E-state index in [2.05, 4.69) is 38.9 Å². The van der Waals surface area contributed by atoms with Crippen molar-refractivity contribution < 1.29 is 9.26 Å². The average Bonchev–Trinajstić information content (AvgIpc) is 3.36. The zero-order valence-electron chi connectivity index (χ0n) is 17.6. The molecule has 0 unspecified atom stereocenters. The van der Waals surface area contributed by atoms with Crippen molar-refractivity contribution in [3.63, 3.8) is 0 Å². The van der Waals surface area contributed by atoms with Crippen LogP contribution in [0.3, 0.4) is 0 Å². The van der Waals surface area contributed by atoms with Crippen LogP contribution in [0.15, 0.2) is 35.1 Å². The monoisotopic (exact) mass is 429 g/mol. The molecule has 0 saturated carbocycles. The van der Waals surface area contributed by atoms with Crippen molar-refractivity contribution in [3.8, 4) is 17.1 Å². The second-order valence-corrected chi connectivity index (χ2v) is 8.06. The lowest BCUT2D eigenvalue weighted by Crippen LogP contribution is -2.46. The van der Waals surface area contributed by atoms with Gasteiger partial charge in [-0.2, -0.15) is 10.1 Å². The molecule has 10 heteroatoms. The fourth-order valence-electron chi connectivity index (χ4n) is 3.45. The van der Waals surface area contributed by atoms with E-state index >= 15 is 0 Å². The van der Waals surface area contributed by atoms with Gasteiger partial charge in [0.05, 0.1) is 20.3 Å². The number of hydrogen-bond acceptors (Lipinski definition) is 8. The summed E-state index contributed by atoms with van der Waals surface area (Å²) in [7, 11) is 1.65. The molecule has 4 rings (SSSR count). The van der Waals surface area contributed by atoms with E-state index in [0.29, 0.717) is 31.0 Å². The maximum absolute atomic E-state index is 5.53. The molecule has 30 heavy (non-hydrogen) atoms. The van der Waals surface area contributed by atoms with Crippen LogP contribution in [0, 0.1) is 4.77 Å². The Kier molecular flexibility index (Phi) is 6.26. The van der Waals surface area contributed by atoms with E-state index in [1.807, 2.05) is 39.8 Å². The van der Waals surface area contributed by atoms with E-state index < -0.39 is 0 Å². The molecule has 1 aliphatic heterocycles. The third-order valence-electron chi connectivity index (χ3n) is 5.29. The fraction of sp³-hybridized carbons (Fsp3) is 0.500. The van der Waals surface area contributed by atoms with Crippen LogP contribution in [-0.2, 0) is 13.2 Å². The lowest BCUT2D eigenvalue weighted by Gasteiger charge is -2.33. The standard InChI is InChI=1S/C20H27N7O2S/c1-15(2)26-13-21-27(20(26)30)14-25-10-8-24(9-11-25)12-18-22-19(23-29-18)16-4-6-17(28-3)7-5-16/h4-7,13,15H,8-12,14H2,1-3H3. The number of methoxy groups -OCH3 is 1. The van der Waals surface area contributed by atoms with E-state index in [9.17, 15) is 0 Å². The first-order valence-corrected chi connectivity index (χ1v) is 10.5. The Balaban J connectivity index is 1.30. The number of ether oxygens (including phenoxy) is 1. The molecule has 9 nitrogen and oxygen atoms in total. The van der Waals surface area contributed by atoms with Gasteiger partial charge in [-0.25, -0.2) is 4.68 Å². The molecular formula is C20H27N7O2S. The largest absolute Gasteiger partial charge is 0.497 e. The molecule has 160 valence electrons. The van der Waals surface area contributed by atoms with Crippen LogP contribution < -0.4 is 4.74 Å². The predicted molar refractivity (Wildman–Crippen MR) is 115 cm³/mol. The van der Waals surface area contributed by atoms with Gasteiger partial charge in [-0.1, -0.05) is 5.16 Å². The molecule has 0 amide bonds. The highest BCUT2D eigenvalue weighted by molar-refractivity contribution is 7.71. The highest BCUT2D eigenvalue weighted by atomic mass is 32.1. The number of rotatable bonds is 7. The summed E-state index contributed by atoms with van der Waals surface area (Å²) in [6.45, 7) is 9.33. The van der Waals surface area contributed by atoms with Gasteiger partial charge in [0.1, 0.15) is 12.1 Å². The van der Waals surface area contributed by atoms with Crippen molar-refractivity contribution in [3.05, 3.63) is 41.3 Å². The van der Waals surface area contributed by atoms with Crippen molar-refractivity contribution in [2.75, 3.05) is 33.3 Å². The summed E-state index contributed by atoms with van der Waals surface area (Å²) in [5.41, 5.74) is 0.910. The maximum Gasteiger partial charge on any atom is 0.241 e. The van der Waals surface area contributed by atoms with Gasteiger partial charge >= 0.3 is 0 Å². The third-order valence-corrected chi connectivity index (χ3v) is 5.71. The van der Waals surface area contributed by atoms with Gasteiger partial charge in [-0.15, -0.1) is 0 Å². The summed E-state index contributed by atoms with van der Waals surface area (Å²) in [6, 6.07) is 7.96. The summed E-state index contributed by atoms with van der Waals surface area (Å²) < 4.78 is 15.3. The summed E-state index contributed by atoms with van der Waals surface area (Å²) in [4.78, 5) is 9.23. The van der Waals surface area contributed by atoms with Gasteiger partial charge in [0.25, 0.3) is 0 Å². The minimum Gasteiger partial charge on any atom is -0.497 e. The molecule has 2 aromatic heterocycles. The predicted octanol–water partition coefficient (Wildman–Crippen LogP) is 2.83. The van der Waals surface area contributed by atoms with Crippen LogP contribution >= 0.6 is 12.2 Å². The Morgan fingerprint density at radius 3 is 2.43 bits per heavy atom. The highest BCUT2D eigenvalue weighted by Crippen LogP contribution is 2.20. The minimum atomic E-state index is 0.320. The Hall–Kier alpha value is -2.56. The van der Waals surface area contributed by atoms with Crippen LogP contribution in [0.2, 0.25) is 0 Å². The molecule has 1 fully saturated rings. The summed E-state index contributed by atoms with van der Waals surface area (Å²) in [5.74, 6) is 2.03. The topological polar surface area (TPSA) is 77.4 Å². The SMILES string of the molecule is COc1ccc(-c2noc(CN3CCN(Cn4ncn(C(C)C)c4=S)CC3)n2)cc1. The number of hydrogen-bond donors (Lipinski definition) is 0. The molecular weight excluding hydrogens is 402 g/mol. The summed E-state index contributed by atoms with van der Waals surface area (Å²) >= 11 is 5.53. The van der Waals surface area contributed by atoms with Crippen molar-refractivity contribution >= 4 is 12.2 Å². The van der Waals surface area contributed by atoms with Gasteiger partial charge in [-0.3, -0.25) is 9.80 Å². The Labute approximate surface area is 180 Å². The molecule has 0 bridgehead atoms. The fourth-order valence-corrected chi connectivity index (χ4v) is 3.81. The molecule has 0 radical (unpaired) electrons. The smallest absolute Gasteiger partial charge is 0.241 e. The lowest BCUT2D eigenvalue weighted by molar-refractivity contribution is 0.0907. The molecule has 0 spiro atoms. The van der Waals surface area contributed by atoms with Gasteiger partial charge in [0.2, 0.25) is 11.7 Å². The van der Waals surface area contributed by atoms with Crippen molar-refractivity contribution in [1.82, 2.24) is 34.3 Å². The highest BCUT2D eigenvalue weighted by Gasteiger charge is 2.20. The van der Waals surface area contributed by atoms with Crippen molar-refractivity contribution in [2.24, 2.45) is 0 Å². The first-order chi connectivity index (χ1) is 14.5. The lowest BCUT2D eigenvalue weighted by atomic mass is 10.2. The number of benzene rings is 1. The van der Waals surface area contributed by atoms with Crippen molar-refractivity contribution in [2.45, 2.75) is 33.1 Å². The van der Waals surface area contributed by atoms with Crippen LogP contribution in [0.4, 0.5) is 0 Å². The zero-order chi connectivity index (χ0) is 21.1. The second-order valence-electron chi connectivity index (χ2n) is 7.69. The van der Waals surface area contributed by atoms with E-state index in [4.69, 9.17) is 21.5 Å². The molecule has 3 aromatic rings. The Bertz CT molecular complexity index is 1020. The number of aromatic nitrogens is 5. The van der Waals surface area contributed by atoms with E-state index in [0.717, 1.165) is 42.3 Å². The molecule has 0 atom stereocenters. The number of piperazine rings is 1. The van der Waals surface area contributed by atoms with Crippen LogP contribution in [-0.4, -0.2) is 67.6 Å². The van der Waals surface area contributed by atoms with Gasteiger partial charge in [0, 0.05) is 37.8 Å². The first-order valence-electron chi connectivity index (χ1n) is 10.1. The van der Waals surface area contributed by atoms with E-state index in [1.54, 1.807) is 7.11 Å². The van der Waals surface area contributed by atoms with Gasteiger partial charge < -0.3 is 13.8 Å². The molecule has 3 heterocycles. The third kappa shape index (κ3) is 4.61. The molecule has 1 saturated heterocycles. The van der Waals surface area contributed by atoms with Gasteiger partial charge in [-0.05, 0) is 50.3 Å². The Morgan fingerprint density at radius 2 is 1.80 bits per heavy atom. The summed E-state index contributed by atoms with van der Waals surface area (Å²) in [5, 5.41) is 8.55. The van der Waals surface area contributed by atoms with Crippen LogP contribution in [0.25, 0.3) is 11.4 Å². The van der Waals surface area contributed by atoms with Crippen LogP contribution in [0.5, 0.6) is 5.75 Å². The van der Waals surface area contributed by atoms with E-state index in [-0.39, 0.29) is 0 Å². The molecule has 1 aliphatic rings. The average molecular weight is 430 g/mol. The maximum atomic E-state index is 5.53. The zero-order valence-corrected chi connectivity index (χ0v) is 18.4. The van der Waals surface area contributed by atoms with E-state index in [1.165, 1.54) is 0 Å². The quantitative estimate of drug-likeness (QED) is 0.531. The first kappa shape index (κ1) is 20.7. The van der Waals surface area contributed by atoms with Crippen LogP contribution in [0.1, 0.15) is 25.8 Å². The second kappa shape index (κ2) is 9.07. The molecule has 0 aliphatic carbocycles. The summed E-state index contributed by atoms with van der Waals surface area (Å²) in [6.07, 6.45) is 1.82. The number of nitrogens with zero attached hydrogens (tertiary/aromatic N) is 7.